The van der Waals surface area contributed by atoms with Crippen molar-refractivity contribution in [2.24, 2.45) is 0 Å². The Hall–Kier alpha value is -1.44. The van der Waals surface area contributed by atoms with Crippen LogP contribution in [-0.4, -0.2) is 0 Å². The Morgan fingerprint density at radius 1 is 1.42 bits per heavy atom. The van der Waals surface area contributed by atoms with Crippen molar-refractivity contribution in [3.05, 3.63) is 34.3 Å². The summed E-state index contributed by atoms with van der Waals surface area (Å²) >= 11 is 5.80. The van der Waals surface area contributed by atoms with Gasteiger partial charge < -0.3 is 0 Å². The van der Waals surface area contributed by atoms with E-state index in [9.17, 15) is 0 Å². The number of hydrogen-bond donors (Lipinski definition) is 0. The summed E-state index contributed by atoms with van der Waals surface area (Å²) in [7, 11) is 0. The molecule has 0 saturated carbocycles. The second-order valence-electron chi connectivity index (χ2n) is 2.33. The van der Waals surface area contributed by atoms with Crippen molar-refractivity contribution in [2.75, 3.05) is 0 Å². The van der Waals surface area contributed by atoms with Crippen molar-refractivity contribution in [1.82, 2.24) is 0 Å². The van der Waals surface area contributed by atoms with Gasteiger partial charge in [-0.15, -0.1) is 0 Å². The van der Waals surface area contributed by atoms with Crippen molar-refractivity contribution >= 4 is 11.6 Å². The Morgan fingerprint density at radius 2 is 2.17 bits per heavy atom. The van der Waals surface area contributed by atoms with Crippen molar-refractivity contribution in [2.45, 2.75) is 6.92 Å². The van der Waals surface area contributed by atoms with E-state index in [1.54, 1.807) is 18.2 Å². The number of aryl methyl sites for hydroxylation is 1. The second-order valence-corrected chi connectivity index (χ2v) is 2.73. The van der Waals surface area contributed by atoms with Crippen molar-refractivity contribution in [3.63, 3.8) is 0 Å². The minimum absolute atomic E-state index is 0.720. The SMILES string of the molecule is Cc1cc(C#CC#N)ccc1Cl. The summed E-state index contributed by atoms with van der Waals surface area (Å²) < 4.78 is 0. The van der Waals surface area contributed by atoms with Gasteiger partial charge in [-0.3, -0.25) is 0 Å². The van der Waals surface area contributed by atoms with Crippen LogP contribution in [0, 0.1) is 30.1 Å². The number of nitriles is 1. The zero-order valence-electron chi connectivity index (χ0n) is 6.56. The van der Waals surface area contributed by atoms with Crippen LogP contribution in [0.1, 0.15) is 11.1 Å². The van der Waals surface area contributed by atoms with Gasteiger partial charge in [0.05, 0.1) is 0 Å². The fourth-order valence-electron chi connectivity index (χ4n) is 0.823. The molecular formula is C10H6ClN. The predicted molar refractivity (Wildman–Crippen MR) is 48.7 cm³/mol. The van der Waals surface area contributed by atoms with Crippen molar-refractivity contribution in [3.8, 4) is 17.9 Å². The fraction of sp³-hybridized carbons (Fsp3) is 0.100. The van der Waals surface area contributed by atoms with E-state index in [1.165, 1.54) is 0 Å². The summed E-state index contributed by atoms with van der Waals surface area (Å²) in [5.41, 5.74) is 1.79. The lowest BCUT2D eigenvalue weighted by Gasteiger charge is -1.96. The van der Waals surface area contributed by atoms with E-state index < -0.39 is 0 Å². The molecule has 0 aromatic heterocycles. The third-order valence-electron chi connectivity index (χ3n) is 1.42. The number of nitrogens with zero attached hydrogens (tertiary/aromatic N) is 1. The summed E-state index contributed by atoms with van der Waals surface area (Å²) in [5, 5.41) is 8.92. The number of benzene rings is 1. The standard InChI is InChI=1S/C10H6ClN/c1-8-7-9(3-2-6-12)4-5-10(8)11/h4-5,7H,1H3. The first kappa shape index (κ1) is 8.65. The molecule has 0 atom stereocenters. The zero-order chi connectivity index (χ0) is 8.97. The van der Waals surface area contributed by atoms with Gasteiger partial charge in [-0.2, -0.15) is 5.26 Å². The Labute approximate surface area is 76.6 Å². The highest BCUT2D eigenvalue weighted by atomic mass is 35.5. The van der Waals surface area contributed by atoms with Gasteiger partial charge in [-0.05, 0) is 30.7 Å². The monoisotopic (exact) mass is 175 g/mol. The molecule has 0 aliphatic heterocycles. The van der Waals surface area contributed by atoms with Crippen LogP contribution in [0.5, 0.6) is 0 Å². The van der Waals surface area contributed by atoms with Crippen LogP contribution < -0.4 is 0 Å². The molecule has 2 heteroatoms. The number of hydrogen-bond acceptors (Lipinski definition) is 1. The maximum Gasteiger partial charge on any atom is 0.152 e. The molecule has 1 aromatic rings. The van der Waals surface area contributed by atoms with Crippen LogP contribution in [0.15, 0.2) is 18.2 Å². The average molecular weight is 176 g/mol. The topological polar surface area (TPSA) is 23.8 Å². The number of rotatable bonds is 0. The van der Waals surface area contributed by atoms with Gasteiger partial charge in [0.15, 0.2) is 6.07 Å². The molecule has 12 heavy (non-hydrogen) atoms. The smallest absolute Gasteiger partial charge is 0.152 e. The predicted octanol–water partition coefficient (Wildman–Crippen LogP) is 2.52. The minimum atomic E-state index is 0.720. The third-order valence-corrected chi connectivity index (χ3v) is 1.84. The van der Waals surface area contributed by atoms with Crippen LogP contribution in [0.2, 0.25) is 5.02 Å². The fourth-order valence-corrected chi connectivity index (χ4v) is 0.940. The highest BCUT2D eigenvalue weighted by molar-refractivity contribution is 6.31. The molecule has 0 unspecified atom stereocenters. The Balaban J connectivity index is 3.07. The van der Waals surface area contributed by atoms with Crippen molar-refractivity contribution < 1.29 is 0 Å². The molecule has 0 radical (unpaired) electrons. The first-order chi connectivity index (χ1) is 5.74. The normalized spacial score (nSPS) is 8.08. The zero-order valence-corrected chi connectivity index (χ0v) is 7.31. The highest BCUT2D eigenvalue weighted by Crippen LogP contribution is 2.15. The maximum absolute atomic E-state index is 8.20. The van der Waals surface area contributed by atoms with Crippen molar-refractivity contribution in [1.29, 1.82) is 5.26 Å². The lowest BCUT2D eigenvalue weighted by molar-refractivity contribution is 1.45. The van der Waals surface area contributed by atoms with E-state index >= 15 is 0 Å². The lowest BCUT2D eigenvalue weighted by atomic mass is 10.1. The van der Waals surface area contributed by atoms with E-state index in [0.717, 1.165) is 16.1 Å². The molecule has 0 aliphatic rings. The number of halogens is 1. The van der Waals surface area contributed by atoms with Crippen LogP contribution in [0.3, 0.4) is 0 Å². The third kappa shape index (κ3) is 2.02. The van der Waals surface area contributed by atoms with Crippen LogP contribution in [-0.2, 0) is 0 Å². The summed E-state index contributed by atoms with van der Waals surface area (Å²) in [6.45, 7) is 1.90. The molecule has 0 fully saturated rings. The van der Waals surface area contributed by atoms with Gasteiger partial charge in [0.25, 0.3) is 0 Å². The first-order valence-corrected chi connectivity index (χ1v) is 3.78. The Bertz CT molecular complexity index is 391. The maximum atomic E-state index is 8.20. The summed E-state index contributed by atoms with van der Waals surface area (Å²) in [6.07, 6.45) is 0. The van der Waals surface area contributed by atoms with E-state index in [1.807, 2.05) is 13.0 Å². The molecule has 0 spiro atoms. The van der Waals surface area contributed by atoms with Gasteiger partial charge in [0, 0.05) is 16.5 Å². The summed E-state index contributed by atoms with van der Waals surface area (Å²) in [6, 6.07) is 7.18. The van der Waals surface area contributed by atoms with E-state index in [2.05, 4.69) is 11.8 Å². The molecule has 0 bridgehead atoms. The van der Waals surface area contributed by atoms with Gasteiger partial charge in [-0.1, -0.05) is 17.5 Å². The van der Waals surface area contributed by atoms with Gasteiger partial charge >= 0.3 is 0 Å². The molecule has 0 N–H and O–H groups in total. The van der Waals surface area contributed by atoms with E-state index in [0.29, 0.717) is 0 Å². The van der Waals surface area contributed by atoms with Gasteiger partial charge in [0.1, 0.15) is 0 Å². The Kier molecular flexibility index (Phi) is 2.75. The average Bonchev–Trinajstić information content (AvgIpc) is 2.07. The molecule has 0 aliphatic carbocycles. The van der Waals surface area contributed by atoms with E-state index in [-0.39, 0.29) is 0 Å². The van der Waals surface area contributed by atoms with Crippen LogP contribution in [0.4, 0.5) is 0 Å². The molecule has 0 saturated heterocycles. The van der Waals surface area contributed by atoms with Gasteiger partial charge in [-0.25, -0.2) is 0 Å². The first-order valence-electron chi connectivity index (χ1n) is 3.40. The molecule has 1 aromatic carbocycles. The van der Waals surface area contributed by atoms with E-state index in [4.69, 9.17) is 16.9 Å². The molecule has 1 nitrogen and oxygen atoms in total. The molecule has 58 valence electrons. The minimum Gasteiger partial charge on any atom is -0.183 e. The largest absolute Gasteiger partial charge is 0.183 e. The lowest BCUT2D eigenvalue weighted by Crippen LogP contribution is -1.78. The molecule has 1 rings (SSSR count). The molecule has 0 amide bonds. The second kappa shape index (κ2) is 3.81. The van der Waals surface area contributed by atoms with Crippen LogP contribution in [0.25, 0.3) is 0 Å². The molecule has 0 heterocycles. The summed E-state index contributed by atoms with van der Waals surface area (Å²) in [5.74, 6) is 5.02. The Morgan fingerprint density at radius 3 is 2.75 bits per heavy atom. The molecular weight excluding hydrogens is 170 g/mol. The quantitative estimate of drug-likeness (QED) is 0.556. The highest BCUT2D eigenvalue weighted by Gasteiger charge is 1.93. The van der Waals surface area contributed by atoms with Crippen LogP contribution >= 0.6 is 11.6 Å². The van der Waals surface area contributed by atoms with Gasteiger partial charge in [0.2, 0.25) is 0 Å². The summed E-state index contributed by atoms with van der Waals surface area (Å²) in [4.78, 5) is 0.